The smallest absolute Gasteiger partial charge is 0.342 e. The molecular formula is C27H26N2O5. The first-order chi connectivity index (χ1) is 16.6. The van der Waals surface area contributed by atoms with Crippen molar-refractivity contribution in [1.29, 1.82) is 5.26 Å². The van der Waals surface area contributed by atoms with Crippen LogP contribution in [0.25, 0.3) is 0 Å². The first-order valence-corrected chi connectivity index (χ1v) is 10.9. The van der Waals surface area contributed by atoms with Gasteiger partial charge in [-0.05, 0) is 43.3 Å². The van der Waals surface area contributed by atoms with E-state index in [9.17, 15) is 9.59 Å². The molecule has 1 unspecified atom stereocenters. The topological polar surface area (TPSA) is 88.9 Å². The fourth-order valence-electron chi connectivity index (χ4n) is 3.22. The number of nitrogens with zero attached hydrogens (tertiary/aromatic N) is 2. The van der Waals surface area contributed by atoms with Gasteiger partial charge < -0.3 is 19.1 Å². The third-order valence-electron chi connectivity index (χ3n) is 4.87. The number of ether oxygens (including phenoxy) is 3. The van der Waals surface area contributed by atoms with E-state index in [4.69, 9.17) is 19.5 Å². The van der Waals surface area contributed by atoms with Crippen molar-refractivity contribution in [2.24, 2.45) is 0 Å². The third kappa shape index (κ3) is 6.84. The van der Waals surface area contributed by atoms with E-state index in [1.807, 2.05) is 42.5 Å². The summed E-state index contributed by atoms with van der Waals surface area (Å²) in [6, 6.07) is 27.0. The third-order valence-corrected chi connectivity index (χ3v) is 4.87. The number of rotatable bonds is 11. The number of hydrogen-bond acceptors (Lipinski definition) is 6. The average Bonchev–Trinajstić information content (AvgIpc) is 2.88. The van der Waals surface area contributed by atoms with Crippen LogP contribution in [-0.4, -0.2) is 37.7 Å². The zero-order valence-electron chi connectivity index (χ0n) is 18.9. The number of carbonyl (C=O) groups is 2. The van der Waals surface area contributed by atoms with Gasteiger partial charge in [0.15, 0.2) is 6.10 Å². The Bertz CT molecular complexity index is 1110. The second-order valence-electron chi connectivity index (χ2n) is 7.29. The monoisotopic (exact) mass is 458 g/mol. The Morgan fingerprint density at radius 1 is 0.882 bits per heavy atom. The predicted molar refractivity (Wildman–Crippen MR) is 128 cm³/mol. The molecule has 1 atom stereocenters. The normalized spacial score (nSPS) is 11.1. The van der Waals surface area contributed by atoms with Crippen LogP contribution in [0.4, 0.5) is 5.69 Å². The van der Waals surface area contributed by atoms with Gasteiger partial charge in [-0.15, -0.1) is 0 Å². The number of hydrogen-bond donors (Lipinski definition) is 0. The summed E-state index contributed by atoms with van der Waals surface area (Å²) in [5.74, 6) is -0.0168. The van der Waals surface area contributed by atoms with Crippen LogP contribution in [0, 0.1) is 11.3 Å². The molecule has 0 aliphatic carbocycles. The number of para-hydroxylation sites is 3. The number of anilines is 1. The molecule has 3 aromatic carbocycles. The molecule has 0 aliphatic heterocycles. The van der Waals surface area contributed by atoms with Crippen molar-refractivity contribution in [1.82, 2.24) is 0 Å². The van der Waals surface area contributed by atoms with Crippen LogP contribution in [0.3, 0.4) is 0 Å². The van der Waals surface area contributed by atoms with Gasteiger partial charge in [-0.3, -0.25) is 4.79 Å². The number of benzene rings is 3. The summed E-state index contributed by atoms with van der Waals surface area (Å²) in [5, 5.41) is 8.96. The minimum absolute atomic E-state index is 0.156. The molecule has 3 aromatic rings. The van der Waals surface area contributed by atoms with Crippen LogP contribution in [-0.2, 0) is 9.53 Å². The summed E-state index contributed by atoms with van der Waals surface area (Å²) in [7, 11) is 0. The second-order valence-corrected chi connectivity index (χ2v) is 7.29. The van der Waals surface area contributed by atoms with E-state index < -0.39 is 18.0 Å². The van der Waals surface area contributed by atoms with E-state index in [0.717, 1.165) is 5.75 Å². The summed E-state index contributed by atoms with van der Waals surface area (Å²) in [6.45, 7) is 2.24. The highest BCUT2D eigenvalue weighted by Crippen LogP contribution is 2.21. The number of carbonyl (C=O) groups excluding carboxylic acids is 2. The van der Waals surface area contributed by atoms with E-state index in [0.29, 0.717) is 18.0 Å². The molecule has 0 saturated carbocycles. The first kappa shape index (κ1) is 24.3. The van der Waals surface area contributed by atoms with Crippen molar-refractivity contribution in [3.63, 3.8) is 0 Å². The number of nitriles is 1. The van der Waals surface area contributed by atoms with Crippen LogP contribution in [0.1, 0.15) is 23.7 Å². The lowest BCUT2D eigenvalue weighted by Gasteiger charge is -2.25. The molecule has 0 radical (unpaired) electrons. The van der Waals surface area contributed by atoms with Gasteiger partial charge in [0.2, 0.25) is 0 Å². The molecule has 174 valence electrons. The van der Waals surface area contributed by atoms with Crippen molar-refractivity contribution >= 4 is 17.6 Å². The van der Waals surface area contributed by atoms with E-state index in [1.54, 1.807) is 48.5 Å². The molecule has 1 amide bonds. The molecule has 0 spiro atoms. The minimum Gasteiger partial charge on any atom is -0.490 e. The SMILES string of the molecule is CC(OC(=O)c1ccccc1OCCOc1ccccc1)C(=O)N(CCC#N)c1ccccc1. The Labute approximate surface area is 199 Å². The molecular weight excluding hydrogens is 432 g/mol. The van der Waals surface area contributed by atoms with Crippen LogP contribution in [0.15, 0.2) is 84.9 Å². The van der Waals surface area contributed by atoms with Crippen LogP contribution < -0.4 is 14.4 Å². The van der Waals surface area contributed by atoms with Crippen molar-refractivity contribution in [2.75, 3.05) is 24.7 Å². The molecule has 7 heteroatoms. The molecule has 0 fully saturated rings. The van der Waals surface area contributed by atoms with Gasteiger partial charge in [0, 0.05) is 12.2 Å². The maximum Gasteiger partial charge on any atom is 0.342 e. The number of esters is 1. The van der Waals surface area contributed by atoms with Gasteiger partial charge in [-0.2, -0.15) is 5.26 Å². The minimum atomic E-state index is -1.05. The highest BCUT2D eigenvalue weighted by molar-refractivity contribution is 5.99. The van der Waals surface area contributed by atoms with Crippen LogP contribution in [0.2, 0.25) is 0 Å². The Kier molecular flexibility index (Phi) is 9.06. The fourth-order valence-corrected chi connectivity index (χ4v) is 3.22. The summed E-state index contributed by atoms with van der Waals surface area (Å²) in [5.41, 5.74) is 0.845. The fraction of sp³-hybridized carbons (Fsp3) is 0.222. The Morgan fingerprint density at radius 2 is 1.50 bits per heavy atom. The van der Waals surface area contributed by atoms with E-state index in [1.165, 1.54) is 11.8 Å². The summed E-state index contributed by atoms with van der Waals surface area (Å²) in [6.07, 6.45) is -0.899. The molecule has 7 nitrogen and oxygen atoms in total. The number of amides is 1. The molecule has 0 N–H and O–H groups in total. The molecule has 0 bridgehead atoms. The summed E-state index contributed by atoms with van der Waals surface area (Å²) >= 11 is 0. The van der Waals surface area contributed by atoms with Gasteiger partial charge in [0.25, 0.3) is 5.91 Å². The van der Waals surface area contributed by atoms with E-state index in [2.05, 4.69) is 0 Å². The Hall–Kier alpha value is -4.31. The van der Waals surface area contributed by atoms with E-state index in [-0.39, 0.29) is 25.1 Å². The summed E-state index contributed by atoms with van der Waals surface area (Å²) < 4.78 is 16.8. The standard InChI is InChI=1S/C27H26N2O5/c1-21(26(30)29(18-10-17-28)22-11-4-2-5-12-22)34-27(31)24-15-8-9-16-25(24)33-20-19-32-23-13-6-3-7-14-23/h2-9,11-16,21H,10,18-20H2,1H3. The van der Waals surface area contributed by atoms with Crippen molar-refractivity contribution < 1.29 is 23.8 Å². The predicted octanol–water partition coefficient (Wildman–Crippen LogP) is 4.64. The van der Waals surface area contributed by atoms with Crippen LogP contribution in [0.5, 0.6) is 11.5 Å². The van der Waals surface area contributed by atoms with Gasteiger partial charge >= 0.3 is 5.97 Å². The molecule has 34 heavy (non-hydrogen) atoms. The second kappa shape index (κ2) is 12.7. The Morgan fingerprint density at radius 3 is 2.21 bits per heavy atom. The van der Waals surface area contributed by atoms with Crippen molar-refractivity contribution in [3.05, 3.63) is 90.5 Å². The molecule has 0 heterocycles. The van der Waals surface area contributed by atoms with Gasteiger partial charge in [-0.1, -0.05) is 48.5 Å². The molecule has 0 saturated heterocycles. The van der Waals surface area contributed by atoms with Gasteiger partial charge in [0.1, 0.15) is 30.3 Å². The first-order valence-electron chi connectivity index (χ1n) is 10.9. The molecule has 3 rings (SSSR count). The lowest BCUT2D eigenvalue weighted by atomic mass is 10.2. The van der Waals surface area contributed by atoms with Crippen molar-refractivity contribution in [3.8, 4) is 17.6 Å². The van der Waals surface area contributed by atoms with Gasteiger partial charge in [-0.25, -0.2) is 4.79 Å². The highest BCUT2D eigenvalue weighted by Gasteiger charge is 2.26. The quantitative estimate of drug-likeness (QED) is 0.307. The maximum atomic E-state index is 13.0. The molecule has 0 aromatic heterocycles. The zero-order valence-corrected chi connectivity index (χ0v) is 18.9. The Balaban J connectivity index is 1.61. The van der Waals surface area contributed by atoms with E-state index >= 15 is 0 Å². The van der Waals surface area contributed by atoms with Gasteiger partial charge in [0.05, 0.1) is 12.5 Å². The van der Waals surface area contributed by atoms with Crippen molar-refractivity contribution in [2.45, 2.75) is 19.4 Å². The largest absolute Gasteiger partial charge is 0.490 e. The highest BCUT2D eigenvalue weighted by atomic mass is 16.6. The summed E-state index contributed by atoms with van der Waals surface area (Å²) in [4.78, 5) is 27.3. The average molecular weight is 459 g/mol. The van der Waals surface area contributed by atoms with Crippen LogP contribution >= 0.6 is 0 Å². The maximum absolute atomic E-state index is 13.0. The lowest BCUT2D eigenvalue weighted by Crippen LogP contribution is -2.40. The molecule has 0 aliphatic rings. The lowest BCUT2D eigenvalue weighted by molar-refractivity contribution is -0.126. The zero-order chi connectivity index (χ0) is 24.2.